The Kier molecular flexibility index (Phi) is 5.33. The standard InChI is InChI=1S/C10H20N2OS/c1-9(11)7-14-8-10(13)12-5-3-2-4-6-12/h9H,2-8,11H2,1H3. The molecule has 4 heteroatoms. The third-order valence-electron chi connectivity index (χ3n) is 2.32. The highest BCUT2D eigenvalue weighted by Gasteiger charge is 2.15. The van der Waals surface area contributed by atoms with Crippen LogP contribution in [0.4, 0.5) is 0 Å². The fourth-order valence-electron chi connectivity index (χ4n) is 1.57. The van der Waals surface area contributed by atoms with Crippen molar-refractivity contribution in [3.63, 3.8) is 0 Å². The molecule has 1 unspecified atom stereocenters. The average molecular weight is 216 g/mol. The molecule has 0 aromatic carbocycles. The lowest BCUT2D eigenvalue weighted by Gasteiger charge is -2.26. The Morgan fingerprint density at radius 1 is 1.43 bits per heavy atom. The van der Waals surface area contributed by atoms with Gasteiger partial charge in [0.2, 0.25) is 5.91 Å². The van der Waals surface area contributed by atoms with Crippen LogP contribution in [0.2, 0.25) is 0 Å². The van der Waals surface area contributed by atoms with Crippen molar-refractivity contribution in [3.05, 3.63) is 0 Å². The van der Waals surface area contributed by atoms with E-state index < -0.39 is 0 Å². The third-order valence-corrected chi connectivity index (χ3v) is 3.53. The Hall–Kier alpha value is -0.220. The molecule has 0 bridgehead atoms. The lowest BCUT2D eigenvalue weighted by Crippen LogP contribution is -2.37. The molecule has 1 fully saturated rings. The van der Waals surface area contributed by atoms with Crippen LogP contribution in [0, 0.1) is 0 Å². The van der Waals surface area contributed by atoms with Crippen LogP contribution in [-0.2, 0) is 4.79 Å². The van der Waals surface area contributed by atoms with Gasteiger partial charge in [-0.2, -0.15) is 11.8 Å². The van der Waals surface area contributed by atoms with Gasteiger partial charge in [0.25, 0.3) is 0 Å². The molecule has 1 aliphatic heterocycles. The molecule has 0 aromatic heterocycles. The van der Waals surface area contributed by atoms with Crippen LogP contribution < -0.4 is 5.73 Å². The van der Waals surface area contributed by atoms with Crippen LogP contribution >= 0.6 is 11.8 Å². The van der Waals surface area contributed by atoms with Gasteiger partial charge < -0.3 is 10.6 Å². The first-order valence-electron chi connectivity index (χ1n) is 5.31. The van der Waals surface area contributed by atoms with Gasteiger partial charge >= 0.3 is 0 Å². The summed E-state index contributed by atoms with van der Waals surface area (Å²) in [5.74, 6) is 1.76. The molecule has 1 heterocycles. The van der Waals surface area contributed by atoms with Crippen molar-refractivity contribution >= 4 is 17.7 Å². The lowest BCUT2D eigenvalue weighted by atomic mass is 10.1. The number of hydrogen-bond donors (Lipinski definition) is 1. The fraction of sp³-hybridized carbons (Fsp3) is 0.900. The van der Waals surface area contributed by atoms with Crippen molar-refractivity contribution in [1.82, 2.24) is 4.90 Å². The minimum atomic E-state index is 0.189. The number of thioether (sulfide) groups is 1. The molecule has 1 rings (SSSR count). The highest BCUT2D eigenvalue weighted by atomic mass is 32.2. The Morgan fingerprint density at radius 2 is 2.07 bits per heavy atom. The molecule has 1 saturated heterocycles. The van der Waals surface area contributed by atoms with Crippen LogP contribution in [0.5, 0.6) is 0 Å². The number of hydrogen-bond acceptors (Lipinski definition) is 3. The van der Waals surface area contributed by atoms with E-state index >= 15 is 0 Å². The van der Waals surface area contributed by atoms with Crippen molar-refractivity contribution in [2.45, 2.75) is 32.2 Å². The van der Waals surface area contributed by atoms with Gasteiger partial charge in [0.05, 0.1) is 5.75 Å². The second kappa shape index (κ2) is 6.30. The van der Waals surface area contributed by atoms with E-state index in [-0.39, 0.29) is 11.9 Å². The van der Waals surface area contributed by atoms with E-state index in [1.807, 2.05) is 11.8 Å². The number of rotatable bonds is 4. The average Bonchev–Trinajstić information content (AvgIpc) is 2.18. The van der Waals surface area contributed by atoms with E-state index in [9.17, 15) is 4.79 Å². The monoisotopic (exact) mass is 216 g/mol. The van der Waals surface area contributed by atoms with Crippen molar-refractivity contribution in [2.24, 2.45) is 5.73 Å². The highest BCUT2D eigenvalue weighted by Crippen LogP contribution is 2.11. The molecular weight excluding hydrogens is 196 g/mol. The number of amides is 1. The number of likely N-dealkylation sites (tertiary alicyclic amines) is 1. The summed E-state index contributed by atoms with van der Waals surface area (Å²) >= 11 is 1.65. The predicted octanol–water partition coefficient (Wildman–Crippen LogP) is 1.08. The first-order valence-corrected chi connectivity index (χ1v) is 6.46. The summed E-state index contributed by atoms with van der Waals surface area (Å²) in [7, 11) is 0. The molecule has 0 aliphatic carbocycles. The lowest BCUT2D eigenvalue weighted by molar-refractivity contribution is -0.129. The molecule has 1 amide bonds. The van der Waals surface area contributed by atoms with Crippen molar-refractivity contribution in [3.8, 4) is 0 Å². The molecule has 0 spiro atoms. The minimum Gasteiger partial charge on any atom is -0.342 e. The van der Waals surface area contributed by atoms with Crippen molar-refractivity contribution in [1.29, 1.82) is 0 Å². The summed E-state index contributed by atoms with van der Waals surface area (Å²) < 4.78 is 0. The number of piperidine rings is 1. The van der Waals surface area contributed by atoms with Crippen LogP contribution in [0.25, 0.3) is 0 Å². The summed E-state index contributed by atoms with van der Waals surface area (Å²) in [5.41, 5.74) is 5.61. The number of nitrogens with zero attached hydrogens (tertiary/aromatic N) is 1. The first kappa shape index (κ1) is 11.9. The Morgan fingerprint density at radius 3 is 2.64 bits per heavy atom. The van der Waals surface area contributed by atoms with Crippen molar-refractivity contribution < 1.29 is 4.79 Å². The number of nitrogens with two attached hydrogens (primary N) is 1. The summed E-state index contributed by atoms with van der Waals surface area (Å²) in [5, 5.41) is 0. The highest BCUT2D eigenvalue weighted by molar-refractivity contribution is 7.99. The minimum absolute atomic E-state index is 0.189. The predicted molar refractivity (Wildman–Crippen MR) is 61.4 cm³/mol. The molecule has 14 heavy (non-hydrogen) atoms. The molecule has 2 N–H and O–H groups in total. The van der Waals surface area contributed by atoms with Gasteiger partial charge in [-0.05, 0) is 26.2 Å². The third kappa shape index (κ3) is 4.33. The van der Waals surface area contributed by atoms with Gasteiger partial charge in [0.1, 0.15) is 0 Å². The topological polar surface area (TPSA) is 46.3 Å². The van der Waals surface area contributed by atoms with E-state index in [0.717, 1.165) is 18.8 Å². The molecule has 0 radical (unpaired) electrons. The summed E-state index contributed by atoms with van der Waals surface area (Å²) in [6.45, 7) is 3.88. The zero-order chi connectivity index (χ0) is 10.4. The van der Waals surface area contributed by atoms with Gasteiger partial charge in [-0.15, -0.1) is 0 Å². The molecule has 0 aromatic rings. The van der Waals surface area contributed by atoms with Gasteiger partial charge in [-0.25, -0.2) is 0 Å². The van der Waals surface area contributed by atoms with E-state index in [0.29, 0.717) is 5.75 Å². The molecule has 1 atom stereocenters. The Balaban J connectivity index is 2.13. The molecular formula is C10H20N2OS. The van der Waals surface area contributed by atoms with Crippen LogP contribution in [-0.4, -0.2) is 41.4 Å². The molecule has 1 aliphatic rings. The van der Waals surface area contributed by atoms with E-state index in [4.69, 9.17) is 5.73 Å². The first-order chi connectivity index (χ1) is 6.70. The number of carbonyl (C=O) groups excluding carboxylic acids is 1. The Bertz CT molecular complexity index is 179. The van der Waals surface area contributed by atoms with Crippen molar-refractivity contribution in [2.75, 3.05) is 24.6 Å². The maximum atomic E-state index is 11.6. The van der Waals surface area contributed by atoms with E-state index in [1.54, 1.807) is 11.8 Å². The maximum Gasteiger partial charge on any atom is 0.232 e. The van der Waals surface area contributed by atoms with Gasteiger partial charge in [-0.3, -0.25) is 4.79 Å². The van der Waals surface area contributed by atoms with Gasteiger partial charge in [0, 0.05) is 24.9 Å². The summed E-state index contributed by atoms with van der Waals surface area (Å²) in [4.78, 5) is 13.6. The summed E-state index contributed by atoms with van der Waals surface area (Å²) in [6, 6.07) is 0.189. The van der Waals surface area contributed by atoms with Crippen LogP contribution in [0.15, 0.2) is 0 Å². The normalized spacial score (nSPS) is 19.4. The van der Waals surface area contributed by atoms with E-state index in [1.165, 1.54) is 19.3 Å². The number of carbonyl (C=O) groups is 1. The van der Waals surface area contributed by atoms with E-state index in [2.05, 4.69) is 0 Å². The van der Waals surface area contributed by atoms with Crippen LogP contribution in [0.1, 0.15) is 26.2 Å². The zero-order valence-corrected chi connectivity index (χ0v) is 9.68. The molecule has 82 valence electrons. The quantitative estimate of drug-likeness (QED) is 0.765. The second-order valence-electron chi connectivity index (χ2n) is 3.93. The molecule has 3 nitrogen and oxygen atoms in total. The largest absolute Gasteiger partial charge is 0.342 e. The summed E-state index contributed by atoms with van der Waals surface area (Å²) in [6.07, 6.45) is 3.62. The smallest absolute Gasteiger partial charge is 0.232 e. The fourth-order valence-corrected chi connectivity index (χ4v) is 2.41. The second-order valence-corrected chi connectivity index (χ2v) is 4.96. The molecule has 0 saturated carbocycles. The zero-order valence-electron chi connectivity index (χ0n) is 8.87. The SMILES string of the molecule is CC(N)CSCC(=O)N1CCCCC1. The van der Waals surface area contributed by atoms with Gasteiger partial charge in [-0.1, -0.05) is 0 Å². The maximum absolute atomic E-state index is 11.6. The van der Waals surface area contributed by atoms with Gasteiger partial charge in [0.15, 0.2) is 0 Å². The van der Waals surface area contributed by atoms with Crippen LogP contribution in [0.3, 0.4) is 0 Å². The Labute approximate surface area is 90.4 Å².